The first kappa shape index (κ1) is 24.5. The van der Waals surface area contributed by atoms with Crippen LogP contribution < -0.4 is 15.7 Å². The van der Waals surface area contributed by atoms with Crippen LogP contribution in [0.1, 0.15) is 12.5 Å². The lowest BCUT2D eigenvalue weighted by atomic mass is 10.2. The second-order valence-electron chi connectivity index (χ2n) is 7.27. The molecule has 0 aliphatic rings. The van der Waals surface area contributed by atoms with E-state index in [0.717, 1.165) is 16.2 Å². The fraction of sp³-hybridized carbons (Fsp3) is 0.120. The van der Waals surface area contributed by atoms with Crippen molar-refractivity contribution in [1.29, 1.82) is 0 Å². The quantitative estimate of drug-likeness (QED) is 0.144. The fourth-order valence-electron chi connectivity index (χ4n) is 3.25. The van der Waals surface area contributed by atoms with Crippen LogP contribution in [0.15, 0.2) is 86.3 Å². The zero-order valence-corrected chi connectivity index (χ0v) is 21.0. The van der Waals surface area contributed by atoms with E-state index in [1.165, 1.54) is 16.8 Å². The number of hydrogen-bond donors (Lipinski definition) is 2. The molecule has 0 atom stereocenters. The van der Waals surface area contributed by atoms with Crippen molar-refractivity contribution in [2.24, 2.45) is 5.10 Å². The molecule has 0 aliphatic carbocycles. The molecule has 0 fully saturated rings. The van der Waals surface area contributed by atoms with E-state index < -0.39 is 0 Å². The summed E-state index contributed by atoms with van der Waals surface area (Å²) in [6.07, 6.45) is 1.45. The summed E-state index contributed by atoms with van der Waals surface area (Å²) in [5.74, 6) is 0.00824. The van der Waals surface area contributed by atoms with Crippen LogP contribution in [-0.2, 0) is 4.79 Å². The van der Waals surface area contributed by atoms with Gasteiger partial charge in [-0.1, -0.05) is 39.8 Å². The smallest absolute Gasteiger partial charge is 0.266 e. The molecule has 0 saturated heterocycles. The number of phenolic OH excluding ortho intramolecular Hbond substituents is 1. The molecule has 4 rings (SSSR count). The number of thioether (sulfide) groups is 1. The minimum atomic E-state index is -0.361. The van der Waals surface area contributed by atoms with Gasteiger partial charge < -0.3 is 9.84 Å². The first-order chi connectivity index (χ1) is 17.0. The minimum absolute atomic E-state index is 0.00157. The topological polar surface area (TPSA) is 106 Å². The highest BCUT2D eigenvalue weighted by Gasteiger charge is 2.14. The number of amides is 1. The molecular formula is C25H21BrN4O4S. The highest BCUT2D eigenvalue weighted by atomic mass is 79.9. The average molecular weight is 553 g/mol. The monoisotopic (exact) mass is 552 g/mol. The second-order valence-corrected chi connectivity index (χ2v) is 9.13. The predicted octanol–water partition coefficient (Wildman–Crippen LogP) is 4.49. The molecule has 1 heterocycles. The van der Waals surface area contributed by atoms with E-state index in [2.05, 4.69) is 31.4 Å². The SMILES string of the molecule is CCOc1cc(C=NNC(=O)CSc2nc3ccccc3c(=O)n2-c2ccc(Br)cc2)ccc1O. The number of nitrogens with zero attached hydrogens (tertiary/aromatic N) is 3. The largest absolute Gasteiger partial charge is 0.504 e. The maximum atomic E-state index is 13.3. The number of carbonyl (C=O) groups excluding carboxylic acids is 1. The van der Waals surface area contributed by atoms with Gasteiger partial charge in [0.15, 0.2) is 16.7 Å². The minimum Gasteiger partial charge on any atom is -0.504 e. The number of hydrazone groups is 1. The van der Waals surface area contributed by atoms with E-state index in [0.29, 0.717) is 39.7 Å². The summed E-state index contributed by atoms with van der Waals surface area (Å²) in [6.45, 7) is 2.23. The van der Waals surface area contributed by atoms with Crippen LogP contribution in [-0.4, -0.2) is 39.1 Å². The Balaban J connectivity index is 1.51. The van der Waals surface area contributed by atoms with Gasteiger partial charge in [0, 0.05) is 4.47 Å². The van der Waals surface area contributed by atoms with E-state index in [1.54, 1.807) is 30.3 Å². The number of ether oxygens (including phenoxy) is 1. The molecule has 0 unspecified atom stereocenters. The Kier molecular flexibility index (Phi) is 7.84. The van der Waals surface area contributed by atoms with E-state index in [-0.39, 0.29) is 23.0 Å². The molecule has 8 nitrogen and oxygen atoms in total. The van der Waals surface area contributed by atoms with Crippen molar-refractivity contribution in [1.82, 2.24) is 15.0 Å². The lowest BCUT2D eigenvalue weighted by molar-refractivity contribution is -0.118. The number of carbonyl (C=O) groups is 1. The van der Waals surface area contributed by atoms with E-state index >= 15 is 0 Å². The molecule has 3 aromatic carbocycles. The van der Waals surface area contributed by atoms with Crippen molar-refractivity contribution < 1.29 is 14.6 Å². The Morgan fingerprint density at radius 2 is 1.97 bits per heavy atom. The van der Waals surface area contributed by atoms with Gasteiger partial charge in [-0.3, -0.25) is 14.2 Å². The summed E-state index contributed by atoms with van der Waals surface area (Å²) < 4.78 is 7.73. The van der Waals surface area contributed by atoms with E-state index in [4.69, 9.17) is 4.74 Å². The van der Waals surface area contributed by atoms with Crippen LogP contribution in [0.2, 0.25) is 0 Å². The van der Waals surface area contributed by atoms with Crippen LogP contribution in [0.5, 0.6) is 11.5 Å². The van der Waals surface area contributed by atoms with E-state index in [1.807, 2.05) is 37.3 Å². The number of fused-ring (bicyclic) bond motifs is 1. The molecular weight excluding hydrogens is 532 g/mol. The lowest BCUT2D eigenvalue weighted by Crippen LogP contribution is -2.24. The summed E-state index contributed by atoms with van der Waals surface area (Å²) in [7, 11) is 0. The maximum absolute atomic E-state index is 13.3. The van der Waals surface area contributed by atoms with Crippen molar-refractivity contribution >= 4 is 50.7 Å². The molecule has 2 N–H and O–H groups in total. The number of halogens is 1. The first-order valence-electron chi connectivity index (χ1n) is 10.6. The Morgan fingerprint density at radius 1 is 1.20 bits per heavy atom. The normalized spacial score (nSPS) is 11.1. The van der Waals surface area contributed by atoms with Crippen molar-refractivity contribution in [2.75, 3.05) is 12.4 Å². The van der Waals surface area contributed by atoms with Gasteiger partial charge >= 0.3 is 0 Å². The Hall–Kier alpha value is -3.63. The second kappa shape index (κ2) is 11.2. The highest BCUT2D eigenvalue weighted by molar-refractivity contribution is 9.10. The predicted molar refractivity (Wildman–Crippen MR) is 141 cm³/mol. The van der Waals surface area contributed by atoms with Crippen LogP contribution in [0, 0.1) is 0 Å². The molecule has 0 spiro atoms. The van der Waals surface area contributed by atoms with Crippen LogP contribution in [0.4, 0.5) is 0 Å². The van der Waals surface area contributed by atoms with Gasteiger partial charge in [-0.2, -0.15) is 5.10 Å². The van der Waals surface area contributed by atoms with Gasteiger partial charge in [0.1, 0.15) is 0 Å². The molecule has 10 heteroatoms. The van der Waals surface area contributed by atoms with Gasteiger partial charge in [-0.05, 0) is 67.1 Å². The summed E-state index contributed by atoms with van der Waals surface area (Å²) in [6, 6.07) is 19.2. The molecule has 1 amide bonds. The molecule has 1 aromatic heterocycles. The fourth-order valence-corrected chi connectivity index (χ4v) is 4.32. The van der Waals surface area contributed by atoms with Crippen molar-refractivity contribution in [3.63, 3.8) is 0 Å². The first-order valence-corrected chi connectivity index (χ1v) is 12.4. The standard InChI is InChI=1S/C25H21BrN4O4S/c1-2-34-22-13-16(7-12-21(22)31)14-27-29-23(32)15-35-25-28-20-6-4-3-5-19(20)24(33)30(25)18-10-8-17(26)9-11-18/h3-14,31H,2,15H2,1H3,(H,29,32). The number of nitrogens with one attached hydrogen (secondary N) is 1. The zero-order chi connectivity index (χ0) is 24.8. The van der Waals surface area contributed by atoms with Gasteiger partial charge in [0.25, 0.3) is 11.5 Å². The third kappa shape index (κ3) is 5.90. The van der Waals surface area contributed by atoms with Crippen LogP contribution in [0.3, 0.4) is 0 Å². The molecule has 35 heavy (non-hydrogen) atoms. The average Bonchev–Trinajstić information content (AvgIpc) is 2.86. The number of phenols is 1. The van der Waals surface area contributed by atoms with Gasteiger partial charge in [-0.25, -0.2) is 10.4 Å². The molecule has 0 aliphatic heterocycles. The Bertz CT molecular complexity index is 1450. The number of para-hydroxylation sites is 1. The molecule has 0 saturated carbocycles. The summed E-state index contributed by atoms with van der Waals surface area (Å²) in [4.78, 5) is 30.3. The van der Waals surface area contributed by atoms with Gasteiger partial charge in [0.2, 0.25) is 0 Å². The van der Waals surface area contributed by atoms with Crippen LogP contribution in [0.25, 0.3) is 16.6 Å². The third-order valence-corrected chi connectivity index (χ3v) is 6.32. The van der Waals surface area contributed by atoms with Crippen molar-refractivity contribution in [3.05, 3.63) is 87.1 Å². The lowest BCUT2D eigenvalue weighted by Gasteiger charge is -2.13. The molecule has 0 radical (unpaired) electrons. The van der Waals surface area contributed by atoms with Gasteiger partial charge in [-0.15, -0.1) is 0 Å². The summed E-state index contributed by atoms with van der Waals surface area (Å²) >= 11 is 4.55. The summed E-state index contributed by atoms with van der Waals surface area (Å²) in [5.41, 5.74) is 4.12. The molecule has 0 bridgehead atoms. The van der Waals surface area contributed by atoms with Crippen LogP contribution >= 0.6 is 27.7 Å². The van der Waals surface area contributed by atoms with Gasteiger partial charge in [0.05, 0.1) is 35.2 Å². The van der Waals surface area contributed by atoms with Crippen molar-refractivity contribution in [2.45, 2.75) is 12.1 Å². The Morgan fingerprint density at radius 3 is 2.74 bits per heavy atom. The van der Waals surface area contributed by atoms with E-state index in [9.17, 15) is 14.7 Å². The highest BCUT2D eigenvalue weighted by Crippen LogP contribution is 2.26. The van der Waals surface area contributed by atoms with Crippen molar-refractivity contribution in [3.8, 4) is 17.2 Å². The number of aromatic hydroxyl groups is 1. The number of rotatable bonds is 8. The molecule has 4 aromatic rings. The molecule has 178 valence electrons. The summed E-state index contributed by atoms with van der Waals surface area (Å²) in [5, 5.41) is 14.7. The third-order valence-electron chi connectivity index (χ3n) is 4.85. The zero-order valence-electron chi connectivity index (χ0n) is 18.6. The number of benzene rings is 3. The number of hydrogen-bond acceptors (Lipinski definition) is 7. The maximum Gasteiger partial charge on any atom is 0.266 e. The Labute approximate surface area is 213 Å². The number of aromatic nitrogens is 2.